The van der Waals surface area contributed by atoms with Gasteiger partial charge >= 0.3 is 0 Å². The van der Waals surface area contributed by atoms with E-state index in [1.54, 1.807) is 23.5 Å². The number of nitrogens with zero attached hydrogens (tertiary/aromatic N) is 1. The van der Waals surface area contributed by atoms with E-state index < -0.39 is 10.0 Å². The molecule has 0 aliphatic heterocycles. The van der Waals surface area contributed by atoms with Crippen LogP contribution in [0.25, 0.3) is 0 Å². The van der Waals surface area contributed by atoms with Crippen LogP contribution in [0, 0.1) is 6.92 Å². The molecule has 0 aliphatic rings. The molecule has 3 N–H and O–H groups in total. The van der Waals surface area contributed by atoms with Gasteiger partial charge in [0, 0.05) is 22.8 Å². The third kappa shape index (κ3) is 3.78. The Bertz CT molecular complexity index is 713. The van der Waals surface area contributed by atoms with E-state index in [9.17, 15) is 8.42 Å². The summed E-state index contributed by atoms with van der Waals surface area (Å²) in [5.74, 6) is 0. The van der Waals surface area contributed by atoms with Gasteiger partial charge in [0.15, 0.2) is 0 Å². The Morgan fingerprint density at radius 2 is 2.20 bits per heavy atom. The van der Waals surface area contributed by atoms with Crippen LogP contribution in [0.4, 0.5) is 5.69 Å². The van der Waals surface area contributed by atoms with E-state index in [2.05, 4.69) is 25.6 Å². The van der Waals surface area contributed by atoms with Gasteiger partial charge in [-0.15, -0.1) is 11.3 Å². The van der Waals surface area contributed by atoms with Gasteiger partial charge in [-0.3, -0.25) is 0 Å². The van der Waals surface area contributed by atoms with E-state index in [1.807, 2.05) is 12.3 Å². The zero-order chi connectivity index (χ0) is 14.8. The van der Waals surface area contributed by atoms with Crippen LogP contribution in [-0.4, -0.2) is 19.9 Å². The van der Waals surface area contributed by atoms with Crippen LogP contribution in [0.5, 0.6) is 0 Å². The van der Waals surface area contributed by atoms with Crippen molar-refractivity contribution >= 4 is 43.0 Å². The van der Waals surface area contributed by atoms with Crippen LogP contribution >= 0.6 is 27.3 Å². The Kier molecular flexibility index (Phi) is 4.79. The first kappa shape index (κ1) is 15.4. The first-order valence-corrected chi connectivity index (χ1v) is 9.00. The number of nitrogens with one attached hydrogen (secondary N) is 1. The molecule has 0 bridgehead atoms. The lowest BCUT2D eigenvalue weighted by molar-refractivity contribution is 0.582. The van der Waals surface area contributed by atoms with E-state index in [1.165, 1.54) is 6.07 Å². The van der Waals surface area contributed by atoms with Crippen molar-refractivity contribution in [2.75, 3.05) is 12.3 Å². The summed E-state index contributed by atoms with van der Waals surface area (Å²) in [7, 11) is -3.59. The monoisotopic (exact) mass is 375 g/mol. The molecule has 1 aromatic heterocycles. The predicted octanol–water partition coefficient (Wildman–Crippen LogP) is 2.32. The van der Waals surface area contributed by atoms with Crippen LogP contribution in [0.15, 0.2) is 32.9 Å². The maximum absolute atomic E-state index is 12.1. The number of nitrogen functional groups attached to an aromatic ring is 1. The molecule has 0 spiro atoms. The number of anilines is 1. The third-order valence-electron chi connectivity index (χ3n) is 2.60. The molecular formula is C12H14BrN3O2S2. The highest BCUT2D eigenvalue weighted by Gasteiger charge is 2.17. The molecule has 0 aliphatic carbocycles. The van der Waals surface area contributed by atoms with Gasteiger partial charge in [-0.2, -0.15) is 0 Å². The summed E-state index contributed by atoms with van der Waals surface area (Å²) in [4.78, 5) is 4.38. The fraction of sp³-hybridized carbons (Fsp3) is 0.250. The number of hydrogen-bond acceptors (Lipinski definition) is 5. The second-order valence-electron chi connectivity index (χ2n) is 4.19. The van der Waals surface area contributed by atoms with Gasteiger partial charge in [0.2, 0.25) is 10.0 Å². The van der Waals surface area contributed by atoms with Gasteiger partial charge in [-0.05, 0) is 25.1 Å². The molecule has 0 fully saturated rings. The zero-order valence-corrected chi connectivity index (χ0v) is 14.0. The number of aromatic nitrogens is 1. The molecule has 0 saturated heterocycles. The van der Waals surface area contributed by atoms with Gasteiger partial charge in [-0.1, -0.05) is 15.9 Å². The van der Waals surface area contributed by atoms with Gasteiger partial charge in [0.25, 0.3) is 0 Å². The zero-order valence-electron chi connectivity index (χ0n) is 10.8. The van der Waals surface area contributed by atoms with Crippen molar-refractivity contribution in [3.8, 4) is 0 Å². The molecule has 0 unspecified atom stereocenters. The molecule has 8 heteroatoms. The first-order valence-electron chi connectivity index (χ1n) is 5.84. The summed E-state index contributed by atoms with van der Waals surface area (Å²) >= 11 is 4.80. The number of hydrogen-bond donors (Lipinski definition) is 2. The topological polar surface area (TPSA) is 85.1 Å². The summed E-state index contributed by atoms with van der Waals surface area (Å²) in [5.41, 5.74) is 6.84. The van der Waals surface area contributed by atoms with Crippen LogP contribution in [0.2, 0.25) is 0 Å². The van der Waals surface area contributed by atoms with Crippen LogP contribution < -0.4 is 10.5 Å². The second kappa shape index (κ2) is 6.21. The van der Waals surface area contributed by atoms with Crippen LogP contribution in [-0.2, 0) is 16.4 Å². The number of nitrogens with two attached hydrogens (primary N) is 1. The Labute approximate surface area is 130 Å². The number of aryl methyl sites for hydroxylation is 1. The molecule has 1 aromatic carbocycles. The number of thiazole rings is 1. The second-order valence-corrected chi connectivity index (χ2v) is 7.90. The molecule has 2 rings (SSSR count). The minimum Gasteiger partial charge on any atom is -0.398 e. The van der Waals surface area contributed by atoms with Crippen molar-refractivity contribution in [1.82, 2.24) is 9.71 Å². The van der Waals surface area contributed by atoms with Crippen molar-refractivity contribution in [3.05, 3.63) is 38.8 Å². The molecule has 0 radical (unpaired) electrons. The van der Waals surface area contributed by atoms with Crippen molar-refractivity contribution in [2.24, 2.45) is 0 Å². The molecule has 0 atom stereocenters. The lowest BCUT2D eigenvalue weighted by atomic mass is 10.3. The Morgan fingerprint density at radius 3 is 2.80 bits per heavy atom. The maximum atomic E-state index is 12.1. The van der Waals surface area contributed by atoms with E-state index in [4.69, 9.17) is 5.73 Å². The summed E-state index contributed by atoms with van der Waals surface area (Å²) < 4.78 is 27.5. The highest BCUT2D eigenvalue weighted by atomic mass is 79.9. The molecule has 2 aromatic rings. The first-order chi connectivity index (χ1) is 9.38. The minimum atomic E-state index is -3.59. The standard InChI is InChI=1S/C12H14BrN3O2S2/c1-8-16-10(7-19-8)4-5-15-20(17,18)12-3-2-9(13)6-11(12)14/h2-3,6-7,15H,4-5,14H2,1H3. The fourth-order valence-corrected chi connectivity index (χ4v) is 3.85. The van der Waals surface area contributed by atoms with Crippen molar-refractivity contribution in [2.45, 2.75) is 18.2 Å². The fourth-order valence-electron chi connectivity index (χ4n) is 1.68. The molecule has 1 heterocycles. The van der Waals surface area contributed by atoms with Gasteiger partial charge < -0.3 is 5.73 Å². The smallest absolute Gasteiger partial charge is 0.242 e. The number of halogens is 1. The number of benzene rings is 1. The van der Waals surface area contributed by atoms with E-state index in [-0.39, 0.29) is 10.6 Å². The van der Waals surface area contributed by atoms with E-state index in [0.717, 1.165) is 15.2 Å². The third-order valence-corrected chi connectivity index (χ3v) is 5.45. The molecule has 20 heavy (non-hydrogen) atoms. The lowest BCUT2D eigenvalue weighted by Gasteiger charge is -2.08. The van der Waals surface area contributed by atoms with Crippen molar-refractivity contribution in [1.29, 1.82) is 0 Å². The molecule has 0 saturated carbocycles. The predicted molar refractivity (Wildman–Crippen MR) is 84.3 cm³/mol. The molecule has 0 amide bonds. The largest absolute Gasteiger partial charge is 0.398 e. The van der Waals surface area contributed by atoms with Gasteiger partial charge in [0.05, 0.1) is 16.4 Å². The van der Waals surface area contributed by atoms with Crippen LogP contribution in [0.3, 0.4) is 0 Å². The summed E-state index contributed by atoms with van der Waals surface area (Å²) in [6.07, 6.45) is 0.556. The van der Waals surface area contributed by atoms with Crippen LogP contribution in [0.1, 0.15) is 10.7 Å². The normalized spacial score (nSPS) is 11.7. The van der Waals surface area contributed by atoms with Crippen molar-refractivity contribution in [3.63, 3.8) is 0 Å². The van der Waals surface area contributed by atoms with E-state index in [0.29, 0.717) is 13.0 Å². The van der Waals surface area contributed by atoms with E-state index >= 15 is 0 Å². The SMILES string of the molecule is Cc1nc(CCNS(=O)(=O)c2ccc(Br)cc2N)cs1. The number of rotatable bonds is 5. The van der Waals surface area contributed by atoms with Crippen molar-refractivity contribution < 1.29 is 8.42 Å². The molecular weight excluding hydrogens is 362 g/mol. The summed E-state index contributed by atoms with van der Waals surface area (Å²) in [6.45, 7) is 2.21. The Morgan fingerprint density at radius 1 is 1.45 bits per heavy atom. The summed E-state index contributed by atoms with van der Waals surface area (Å²) in [6, 6.07) is 4.70. The average molecular weight is 376 g/mol. The lowest BCUT2D eigenvalue weighted by Crippen LogP contribution is -2.26. The minimum absolute atomic E-state index is 0.0927. The summed E-state index contributed by atoms with van der Waals surface area (Å²) in [5, 5.41) is 2.90. The average Bonchev–Trinajstić information content (AvgIpc) is 2.74. The highest BCUT2D eigenvalue weighted by Crippen LogP contribution is 2.22. The molecule has 108 valence electrons. The van der Waals surface area contributed by atoms with Gasteiger partial charge in [-0.25, -0.2) is 18.1 Å². The number of sulfonamides is 1. The highest BCUT2D eigenvalue weighted by molar-refractivity contribution is 9.10. The quantitative estimate of drug-likeness (QED) is 0.785. The van der Waals surface area contributed by atoms with Gasteiger partial charge in [0.1, 0.15) is 4.90 Å². The molecule has 5 nitrogen and oxygen atoms in total. The Hall–Kier alpha value is -0.960. The maximum Gasteiger partial charge on any atom is 0.242 e. The Balaban J connectivity index is 2.04.